The first kappa shape index (κ1) is 17.0. The molecule has 0 radical (unpaired) electrons. The van der Waals surface area contributed by atoms with Gasteiger partial charge in [-0.05, 0) is 35.9 Å². The van der Waals surface area contributed by atoms with Crippen molar-refractivity contribution < 1.29 is 19.4 Å². The van der Waals surface area contributed by atoms with Crippen LogP contribution in [-0.4, -0.2) is 17.2 Å². The molecule has 0 aliphatic heterocycles. The summed E-state index contributed by atoms with van der Waals surface area (Å²) in [6.45, 7) is 0. The number of nitrogens with one attached hydrogen (secondary N) is 1. The predicted molar refractivity (Wildman–Crippen MR) is 97.8 cm³/mol. The van der Waals surface area contributed by atoms with Crippen LogP contribution in [0.1, 0.15) is 9.67 Å². The van der Waals surface area contributed by atoms with Gasteiger partial charge in [-0.2, -0.15) is 0 Å². The molecule has 0 spiro atoms. The fourth-order valence-corrected chi connectivity index (χ4v) is 3.22. The van der Waals surface area contributed by atoms with Crippen LogP contribution in [0, 0.1) is 0 Å². The molecule has 7 heteroatoms. The van der Waals surface area contributed by atoms with Gasteiger partial charge in [0.05, 0.1) is 5.69 Å². The Kier molecular flexibility index (Phi) is 5.02. The second kappa shape index (κ2) is 7.38. The van der Waals surface area contributed by atoms with Crippen LogP contribution in [0.4, 0.5) is 10.5 Å². The van der Waals surface area contributed by atoms with Gasteiger partial charge >= 0.3 is 12.1 Å². The van der Waals surface area contributed by atoms with Crippen LogP contribution in [-0.2, 0) is 0 Å². The molecule has 0 saturated heterocycles. The molecule has 0 fully saturated rings. The number of ether oxygens (including phenoxy) is 1. The zero-order valence-electron chi connectivity index (χ0n) is 12.7. The second-order valence-electron chi connectivity index (χ2n) is 4.99. The van der Waals surface area contributed by atoms with E-state index in [1.165, 1.54) is 0 Å². The summed E-state index contributed by atoms with van der Waals surface area (Å²) in [5.41, 5.74) is 1.06. The van der Waals surface area contributed by atoms with Crippen LogP contribution < -0.4 is 10.1 Å². The fraction of sp³-hybridized carbons (Fsp3) is 0. The van der Waals surface area contributed by atoms with Crippen LogP contribution in [0.5, 0.6) is 5.75 Å². The Morgan fingerprint density at radius 1 is 1.04 bits per heavy atom. The van der Waals surface area contributed by atoms with Gasteiger partial charge in [-0.25, -0.2) is 9.59 Å². The van der Waals surface area contributed by atoms with E-state index in [9.17, 15) is 14.7 Å². The molecule has 2 aromatic carbocycles. The van der Waals surface area contributed by atoms with Gasteiger partial charge in [0.1, 0.15) is 10.6 Å². The molecule has 1 amide bonds. The third-order valence-corrected chi connectivity index (χ3v) is 4.67. The van der Waals surface area contributed by atoms with Crippen molar-refractivity contribution in [2.45, 2.75) is 0 Å². The van der Waals surface area contributed by atoms with Crippen molar-refractivity contribution in [2.24, 2.45) is 0 Å². The maximum Gasteiger partial charge on any atom is 0.417 e. The van der Waals surface area contributed by atoms with Crippen molar-refractivity contribution in [3.05, 3.63) is 70.6 Å². The number of aromatic carboxylic acids is 1. The molecule has 0 aliphatic rings. The van der Waals surface area contributed by atoms with E-state index in [0.717, 1.165) is 21.8 Å². The van der Waals surface area contributed by atoms with Crippen molar-refractivity contribution >= 4 is 40.7 Å². The van der Waals surface area contributed by atoms with E-state index in [0.29, 0.717) is 10.8 Å². The van der Waals surface area contributed by atoms with E-state index in [1.807, 2.05) is 30.3 Å². The lowest BCUT2D eigenvalue weighted by Gasteiger charge is -2.06. The maximum atomic E-state index is 12.0. The minimum Gasteiger partial charge on any atom is -0.477 e. The van der Waals surface area contributed by atoms with E-state index in [1.54, 1.807) is 30.3 Å². The Balaban J connectivity index is 1.81. The number of carboxylic acids is 1. The monoisotopic (exact) mass is 373 g/mol. The lowest BCUT2D eigenvalue weighted by atomic mass is 10.2. The number of amides is 1. The summed E-state index contributed by atoms with van der Waals surface area (Å²) in [6, 6.07) is 17.2. The molecular weight excluding hydrogens is 362 g/mol. The topological polar surface area (TPSA) is 75.6 Å². The summed E-state index contributed by atoms with van der Waals surface area (Å²) in [4.78, 5) is 24.3. The zero-order valence-corrected chi connectivity index (χ0v) is 14.3. The molecule has 5 nitrogen and oxygen atoms in total. The highest BCUT2D eigenvalue weighted by atomic mass is 35.5. The lowest BCUT2D eigenvalue weighted by Crippen LogP contribution is -2.17. The van der Waals surface area contributed by atoms with Gasteiger partial charge in [0.15, 0.2) is 0 Å². The first-order valence-corrected chi connectivity index (χ1v) is 8.39. The first-order valence-electron chi connectivity index (χ1n) is 7.20. The molecule has 1 aromatic heterocycles. The number of hydrogen-bond acceptors (Lipinski definition) is 4. The SMILES string of the molecule is O=C(Nc1cc(-c2ccccc2)sc1C(=O)O)Oc1ccc(Cl)cc1. The van der Waals surface area contributed by atoms with Gasteiger partial charge in [-0.1, -0.05) is 41.9 Å². The van der Waals surface area contributed by atoms with Crippen LogP contribution in [0.15, 0.2) is 60.7 Å². The summed E-state index contributed by atoms with van der Waals surface area (Å²) in [7, 11) is 0. The normalized spacial score (nSPS) is 10.3. The van der Waals surface area contributed by atoms with E-state index in [-0.39, 0.29) is 10.6 Å². The summed E-state index contributed by atoms with van der Waals surface area (Å²) in [5, 5.41) is 12.4. The highest BCUT2D eigenvalue weighted by molar-refractivity contribution is 7.18. The van der Waals surface area contributed by atoms with E-state index in [4.69, 9.17) is 16.3 Å². The van der Waals surface area contributed by atoms with Crippen molar-refractivity contribution in [2.75, 3.05) is 5.32 Å². The molecule has 2 N–H and O–H groups in total. The number of carboxylic acid groups (broad SMARTS) is 1. The maximum absolute atomic E-state index is 12.0. The minimum absolute atomic E-state index is 0.0342. The van der Waals surface area contributed by atoms with Gasteiger partial charge < -0.3 is 9.84 Å². The van der Waals surface area contributed by atoms with Crippen LogP contribution in [0.2, 0.25) is 5.02 Å². The molecule has 3 rings (SSSR count). The average molecular weight is 374 g/mol. The molecule has 1 heterocycles. The molecule has 3 aromatic rings. The molecule has 0 saturated carbocycles. The van der Waals surface area contributed by atoms with Crippen LogP contribution >= 0.6 is 22.9 Å². The summed E-state index contributed by atoms with van der Waals surface area (Å²) in [6.07, 6.45) is -0.776. The van der Waals surface area contributed by atoms with Crippen molar-refractivity contribution in [1.29, 1.82) is 0 Å². The lowest BCUT2D eigenvalue weighted by molar-refractivity contribution is 0.0703. The Bertz CT molecular complexity index is 907. The summed E-state index contributed by atoms with van der Waals surface area (Å²) >= 11 is 6.86. The van der Waals surface area contributed by atoms with Crippen molar-refractivity contribution in [3.63, 3.8) is 0 Å². The quantitative estimate of drug-likeness (QED) is 0.644. The number of thiophene rings is 1. The van der Waals surface area contributed by atoms with Gasteiger partial charge in [-0.3, -0.25) is 5.32 Å². The highest BCUT2D eigenvalue weighted by Crippen LogP contribution is 2.35. The number of rotatable bonds is 4. The number of carbonyl (C=O) groups excluding carboxylic acids is 1. The second-order valence-corrected chi connectivity index (χ2v) is 6.48. The Morgan fingerprint density at radius 2 is 1.72 bits per heavy atom. The third-order valence-electron chi connectivity index (χ3n) is 3.25. The van der Waals surface area contributed by atoms with Crippen molar-refractivity contribution in [3.8, 4) is 16.2 Å². The number of hydrogen-bond donors (Lipinski definition) is 2. The van der Waals surface area contributed by atoms with Gasteiger partial charge in [0.2, 0.25) is 0 Å². The number of halogens is 1. The molecule has 0 bridgehead atoms. The molecule has 0 unspecified atom stereocenters. The fourth-order valence-electron chi connectivity index (χ4n) is 2.13. The average Bonchev–Trinajstić information content (AvgIpc) is 3.02. The Labute approximate surface area is 152 Å². The summed E-state index contributed by atoms with van der Waals surface area (Å²) in [5.74, 6) is -0.814. The highest BCUT2D eigenvalue weighted by Gasteiger charge is 2.19. The molecule has 25 heavy (non-hydrogen) atoms. The predicted octanol–water partition coefficient (Wildman–Crippen LogP) is 5.38. The smallest absolute Gasteiger partial charge is 0.417 e. The van der Waals surface area contributed by atoms with E-state index >= 15 is 0 Å². The third kappa shape index (κ3) is 4.17. The Hall–Kier alpha value is -2.83. The largest absolute Gasteiger partial charge is 0.477 e. The van der Waals surface area contributed by atoms with Gasteiger partial charge in [0, 0.05) is 9.90 Å². The molecule has 0 atom stereocenters. The van der Waals surface area contributed by atoms with E-state index < -0.39 is 12.1 Å². The summed E-state index contributed by atoms with van der Waals surface area (Å²) < 4.78 is 5.13. The molecule has 0 aliphatic carbocycles. The number of benzene rings is 2. The first-order chi connectivity index (χ1) is 12.0. The molecule has 126 valence electrons. The Morgan fingerprint density at radius 3 is 2.36 bits per heavy atom. The van der Waals surface area contributed by atoms with Crippen LogP contribution in [0.25, 0.3) is 10.4 Å². The molecular formula is C18H12ClNO4S. The van der Waals surface area contributed by atoms with E-state index in [2.05, 4.69) is 5.32 Å². The van der Waals surface area contributed by atoms with Gasteiger partial charge in [0.25, 0.3) is 0 Å². The number of anilines is 1. The van der Waals surface area contributed by atoms with Crippen LogP contribution in [0.3, 0.4) is 0 Å². The zero-order chi connectivity index (χ0) is 17.8. The number of carbonyl (C=O) groups is 2. The standard InChI is InChI=1S/C18H12ClNO4S/c19-12-6-8-13(9-7-12)24-18(23)20-14-10-15(25-16(14)17(21)22)11-4-2-1-3-5-11/h1-10H,(H,20,23)(H,21,22). The minimum atomic E-state index is -1.12. The van der Waals surface area contributed by atoms with Gasteiger partial charge in [-0.15, -0.1) is 11.3 Å². The van der Waals surface area contributed by atoms with Crippen molar-refractivity contribution in [1.82, 2.24) is 0 Å².